The first-order valence-corrected chi connectivity index (χ1v) is 7.55. The summed E-state index contributed by atoms with van der Waals surface area (Å²) in [6.45, 7) is 0. The van der Waals surface area contributed by atoms with Crippen molar-refractivity contribution in [3.05, 3.63) is 0 Å². The van der Waals surface area contributed by atoms with E-state index in [1.807, 2.05) is 7.11 Å². The Balaban J connectivity index is 1.87. The number of hydrogen-bond acceptors (Lipinski definition) is 2. The summed E-state index contributed by atoms with van der Waals surface area (Å²) in [5.74, 6) is 1.76. The van der Waals surface area contributed by atoms with Crippen molar-refractivity contribution in [3.63, 3.8) is 0 Å². The maximum atomic E-state index is 5.85. The van der Waals surface area contributed by atoms with Crippen LogP contribution in [0.4, 0.5) is 0 Å². The lowest BCUT2D eigenvalue weighted by molar-refractivity contribution is 0.000625. The molecule has 0 heterocycles. The first kappa shape index (κ1) is 13.4. The fraction of sp³-hybridized carbons (Fsp3) is 1.00. The van der Waals surface area contributed by atoms with Crippen LogP contribution in [0.15, 0.2) is 0 Å². The Labute approximate surface area is 107 Å². The van der Waals surface area contributed by atoms with Crippen molar-refractivity contribution in [1.29, 1.82) is 0 Å². The van der Waals surface area contributed by atoms with Crippen LogP contribution in [0, 0.1) is 11.8 Å². The minimum atomic E-state index is 0.445. The van der Waals surface area contributed by atoms with E-state index in [2.05, 4.69) is 12.4 Å². The zero-order valence-corrected chi connectivity index (χ0v) is 11.6. The first-order valence-electron chi connectivity index (χ1n) is 7.55. The lowest BCUT2D eigenvalue weighted by Gasteiger charge is -2.38. The van der Waals surface area contributed by atoms with Crippen LogP contribution in [0.5, 0.6) is 0 Å². The zero-order chi connectivity index (χ0) is 12.1. The molecule has 0 spiro atoms. The Morgan fingerprint density at radius 2 is 1.76 bits per heavy atom. The molecular formula is C15H29NO. The van der Waals surface area contributed by atoms with Crippen LogP contribution < -0.4 is 5.32 Å². The van der Waals surface area contributed by atoms with Gasteiger partial charge in [-0.3, -0.25) is 0 Å². The molecule has 2 aliphatic carbocycles. The Morgan fingerprint density at radius 3 is 2.24 bits per heavy atom. The minimum Gasteiger partial charge on any atom is -0.380 e. The van der Waals surface area contributed by atoms with Crippen LogP contribution in [0.25, 0.3) is 0 Å². The molecule has 0 radical (unpaired) electrons. The first-order chi connectivity index (χ1) is 8.35. The van der Waals surface area contributed by atoms with E-state index in [0.29, 0.717) is 12.1 Å². The van der Waals surface area contributed by atoms with Gasteiger partial charge < -0.3 is 10.1 Å². The van der Waals surface area contributed by atoms with E-state index >= 15 is 0 Å². The highest BCUT2D eigenvalue weighted by Gasteiger charge is 2.32. The van der Waals surface area contributed by atoms with Gasteiger partial charge in [0.15, 0.2) is 0 Å². The molecule has 1 N–H and O–H groups in total. The van der Waals surface area contributed by atoms with Gasteiger partial charge in [0.2, 0.25) is 0 Å². The molecule has 2 atom stereocenters. The summed E-state index contributed by atoms with van der Waals surface area (Å²) in [4.78, 5) is 0. The molecule has 2 saturated carbocycles. The maximum absolute atomic E-state index is 5.85. The molecule has 2 heteroatoms. The van der Waals surface area contributed by atoms with E-state index in [1.54, 1.807) is 0 Å². The van der Waals surface area contributed by atoms with Crippen molar-refractivity contribution >= 4 is 0 Å². The predicted molar refractivity (Wildman–Crippen MR) is 72.2 cm³/mol. The molecule has 2 nitrogen and oxygen atoms in total. The van der Waals surface area contributed by atoms with Crippen LogP contribution in [-0.4, -0.2) is 26.3 Å². The van der Waals surface area contributed by atoms with E-state index in [1.165, 1.54) is 57.8 Å². The molecule has 0 saturated heterocycles. The lowest BCUT2D eigenvalue weighted by Crippen LogP contribution is -2.45. The van der Waals surface area contributed by atoms with Crippen molar-refractivity contribution in [2.45, 2.75) is 69.9 Å². The van der Waals surface area contributed by atoms with Crippen molar-refractivity contribution in [2.24, 2.45) is 11.8 Å². The number of hydrogen-bond donors (Lipinski definition) is 1. The van der Waals surface area contributed by atoms with E-state index < -0.39 is 0 Å². The summed E-state index contributed by atoms with van der Waals surface area (Å²) >= 11 is 0. The highest BCUT2D eigenvalue weighted by molar-refractivity contribution is 4.87. The van der Waals surface area contributed by atoms with Crippen LogP contribution in [0.2, 0.25) is 0 Å². The van der Waals surface area contributed by atoms with Crippen molar-refractivity contribution in [1.82, 2.24) is 5.32 Å². The maximum Gasteiger partial charge on any atom is 0.0752 e. The van der Waals surface area contributed by atoms with Crippen molar-refractivity contribution in [2.75, 3.05) is 14.2 Å². The molecule has 17 heavy (non-hydrogen) atoms. The molecule has 0 aliphatic heterocycles. The third-order valence-corrected chi connectivity index (χ3v) is 4.97. The number of rotatable bonds is 6. The second-order valence-electron chi connectivity index (χ2n) is 6.03. The molecule has 2 fully saturated rings. The standard InChI is InChI=1S/C15H29NO/c1-16-14(11-12-7-6-8-12)15(17-2)13-9-4-3-5-10-13/h12-16H,3-11H2,1-2H3. The van der Waals surface area contributed by atoms with Gasteiger partial charge in [-0.1, -0.05) is 38.5 Å². The molecular weight excluding hydrogens is 210 g/mol. The Bertz CT molecular complexity index is 209. The minimum absolute atomic E-state index is 0.445. The summed E-state index contributed by atoms with van der Waals surface area (Å²) < 4.78 is 5.85. The van der Waals surface area contributed by atoms with E-state index in [9.17, 15) is 0 Å². The van der Waals surface area contributed by atoms with Crippen molar-refractivity contribution in [3.8, 4) is 0 Å². The summed E-state index contributed by atoms with van der Waals surface area (Å²) in [5, 5.41) is 3.52. The van der Waals surface area contributed by atoms with Gasteiger partial charge in [0.05, 0.1) is 6.10 Å². The van der Waals surface area contributed by atoms with Gasteiger partial charge in [-0.15, -0.1) is 0 Å². The van der Waals surface area contributed by atoms with Crippen LogP contribution in [0.3, 0.4) is 0 Å². The van der Waals surface area contributed by atoms with E-state index in [4.69, 9.17) is 4.74 Å². The molecule has 0 aromatic heterocycles. The fourth-order valence-corrected chi connectivity index (χ4v) is 3.65. The van der Waals surface area contributed by atoms with E-state index in [0.717, 1.165) is 11.8 Å². The number of likely N-dealkylation sites (N-methyl/N-ethyl adjacent to an activating group) is 1. The smallest absolute Gasteiger partial charge is 0.0752 e. The monoisotopic (exact) mass is 239 g/mol. The van der Waals surface area contributed by atoms with Gasteiger partial charge in [-0.05, 0) is 38.1 Å². The molecule has 0 bridgehead atoms. The van der Waals surface area contributed by atoms with Gasteiger partial charge in [0, 0.05) is 13.2 Å². The average Bonchev–Trinajstić information content (AvgIpc) is 2.33. The van der Waals surface area contributed by atoms with E-state index in [-0.39, 0.29) is 0 Å². The van der Waals surface area contributed by atoms with Gasteiger partial charge >= 0.3 is 0 Å². The number of nitrogens with one attached hydrogen (secondary N) is 1. The largest absolute Gasteiger partial charge is 0.380 e. The quantitative estimate of drug-likeness (QED) is 0.767. The predicted octanol–water partition coefficient (Wildman–Crippen LogP) is 3.36. The Kier molecular flexibility index (Phi) is 5.30. The summed E-state index contributed by atoms with van der Waals surface area (Å²) in [6.07, 6.45) is 13.1. The summed E-state index contributed by atoms with van der Waals surface area (Å²) in [6, 6.07) is 0.577. The highest BCUT2D eigenvalue weighted by atomic mass is 16.5. The van der Waals surface area contributed by atoms with Crippen LogP contribution >= 0.6 is 0 Å². The van der Waals surface area contributed by atoms with Gasteiger partial charge in [0.1, 0.15) is 0 Å². The summed E-state index contributed by atoms with van der Waals surface area (Å²) in [5.41, 5.74) is 0. The second kappa shape index (κ2) is 6.75. The third-order valence-electron chi connectivity index (χ3n) is 4.97. The normalized spacial score (nSPS) is 26.5. The fourth-order valence-electron chi connectivity index (χ4n) is 3.65. The van der Waals surface area contributed by atoms with Gasteiger partial charge in [-0.25, -0.2) is 0 Å². The Hall–Kier alpha value is -0.0800. The average molecular weight is 239 g/mol. The third kappa shape index (κ3) is 3.45. The molecule has 0 amide bonds. The van der Waals surface area contributed by atoms with Gasteiger partial charge in [-0.2, -0.15) is 0 Å². The SMILES string of the molecule is CNC(CC1CCC1)C(OC)C1CCCCC1. The molecule has 100 valence electrons. The number of methoxy groups -OCH3 is 1. The van der Waals surface area contributed by atoms with Crippen LogP contribution in [-0.2, 0) is 4.74 Å². The van der Waals surface area contributed by atoms with Crippen molar-refractivity contribution < 1.29 is 4.74 Å². The van der Waals surface area contributed by atoms with Gasteiger partial charge in [0.25, 0.3) is 0 Å². The zero-order valence-electron chi connectivity index (χ0n) is 11.6. The second-order valence-corrected chi connectivity index (χ2v) is 6.03. The molecule has 0 aromatic rings. The lowest BCUT2D eigenvalue weighted by atomic mass is 9.76. The molecule has 2 aliphatic rings. The molecule has 0 aromatic carbocycles. The Morgan fingerprint density at radius 1 is 1.06 bits per heavy atom. The molecule has 2 unspecified atom stereocenters. The molecule has 2 rings (SSSR count). The topological polar surface area (TPSA) is 21.3 Å². The number of ether oxygens (including phenoxy) is 1. The summed E-state index contributed by atoms with van der Waals surface area (Å²) in [7, 11) is 4.02. The highest BCUT2D eigenvalue weighted by Crippen LogP contribution is 2.35. The van der Waals surface area contributed by atoms with Crippen LogP contribution in [0.1, 0.15) is 57.8 Å².